The van der Waals surface area contributed by atoms with Crippen LogP contribution in [0.15, 0.2) is 0 Å². The maximum atomic E-state index is 12.3. The van der Waals surface area contributed by atoms with Crippen LogP contribution in [0.25, 0.3) is 0 Å². The fraction of sp³-hybridized carbons (Fsp3) is 0.938. The number of halogens is 2. The number of carbonyl (C=O) groups is 1. The molecule has 0 bridgehead atoms. The van der Waals surface area contributed by atoms with Gasteiger partial charge in [-0.25, -0.2) is 0 Å². The fourth-order valence-corrected chi connectivity index (χ4v) is 3.78. The van der Waals surface area contributed by atoms with Gasteiger partial charge in [0.15, 0.2) is 0 Å². The van der Waals surface area contributed by atoms with Crippen LogP contribution >= 0.6 is 24.8 Å². The van der Waals surface area contributed by atoms with Gasteiger partial charge in [0.05, 0.1) is 13.2 Å². The highest BCUT2D eigenvalue weighted by molar-refractivity contribution is 5.85. The first-order chi connectivity index (χ1) is 10.3. The number of nitrogens with zero attached hydrogens (tertiary/aromatic N) is 2. The van der Waals surface area contributed by atoms with Crippen LogP contribution in [0, 0.1) is 5.92 Å². The van der Waals surface area contributed by atoms with E-state index in [1.54, 1.807) is 0 Å². The summed E-state index contributed by atoms with van der Waals surface area (Å²) >= 11 is 0. The van der Waals surface area contributed by atoms with Crippen molar-refractivity contribution >= 4 is 30.7 Å². The monoisotopic (exact) mass is 367 g/mol. The molecule has 5 nitrogen and oxygen atoms in total. The van der Waals surface area contributed by atoms with Gasteiger partial charge in [-0.1, -0.05) is 0 Å². The maximum Gasteiger partial charge on any atom is 0.224 e. The smallest absolute Gasteiger partial charge is 0.224 e. The molecule has 3 aliphatic heterocycles. The predicted molar refractivity (Wildman–Crippen MR) is 96.7 cm³/mol. The quantitative estimate of drug-likeness (QED) is 0.818. The van der Waals surface area contributed by atoms with Gasteiger partial charge in [-0.2, -0.15) is 0 Å². The lowest BCUT2D eigenvalue weighted by Gasteiger charge is -2.36. The first kappa shape index (κ1) is 21.0. The van der Waals surface area contributed by atoms with Crippen molar-refractivity contribution in [1.82, 2.24) is 15.1 Å². The van der Waals surface area contributed by atoms with Gasteiger partial charge in [-0.3, -0.25) is 9.69 Å². The van der Waals surface area contributed by atoms with Crippen molar-refractivity contribution in [2.24, 2.45) is 5.92 Å². The van der Waals surface area contributed by atoms with E-state index in [1.165, 1.54) is 32.2 Å². The minimum atomic E-state index is 0. The third-order valence-electron chi connectivity index (χ3n) is 5.17. The molecule has 3 heterocycles. The van der Waals surface area contributed by atoms with E-state index in [-0.39, 0.29) is 24.8 Å². The summed E-state index contributed by atoms with van der Waals surface area (Å²) in [5.41, 5.74) is 0. The molecule has 1 unspecified atom stereocenters. The molecule has 0 aromatic heterocycles. The van der Waals surface area contributed by atoms with E-state index in [9.17, 15) is 4.79 Å². The lowest BCUT2D eigenvalue weighted by atomic mass is 9.95. The molecular weight excluding hydrogens is 337 g/mol. The van der Waals surface area contributed by atoms with Gasteiger partial charge < -0.3 is 15.0 Å². The van der Waals surface area contributed by atoms with E-state index < -0.39 is 0 Å². The molecule has 3 rings (SSSR count). The Morgan fingerprint density at radius 1 is 1.04 bits per heavy atom. The second-order valence-corrected chi connectivity index (χ2v) is 6.73. The van der Waals surface area contributed by atoms with Gasteiger partial charge in [0.1, 0.15) is 0 Å². The number of piperidine rings is 1. The number of nitrogens with one attached hydrogen (secondary N) is 1. The molecule has 7 heteroatoms. The minimum absolute atomic E-state index is 0. The number of ether oxygens (including phenoxy) is 1. The van der Waals surface area contributed by atoms with Gasteiger partial charge in [0, 0.05) is 45.2 Å². The summed E-state index contributed by atoms with van der Waals surface area (Å²) < 4.78 is 5.40. The lowest BCUT2D eigenvalue weighted by Crippen LogP contribution is -2.45. The van der Waals surface area contributed by atoms with Crippen molar-refractivity contribution in [3.63, 3.8) is 0 Å². The number of hydrogen-bond donors (Lipinski definition) is 1. The molecule has 1 atom stereocenters. The standard InChI is InChI=1S/C16H29N3O2.2ClH/c20-16(12-15-2-1-5-17-15)19-6-3-14(4-7-19)13-18-8-10-21-11-9-18;;/h14-15,17H,1-13H2;2*1H. The third-order valence-corrected chi connectivity index (χ3v) is 5.17. The number of morpholine rings is 1. The van der Waals surface area contributed by atoms with E-state index in [1.807, 2.05) is 0 Å². The number of hydrogen-bond acceptors (Lipinski definition) is 4. The average Bonchev–Trinajstić information content (AvgIpc) is 3.02. The van der Waals surface area contributed by atoms with E-state index >= 15 is 0 Å². The second kappa shape index (κ2) is 10.7. The second-order valence-electron chi connectivity index (χ2n) is 6.73. The Labute approximate surface area is 152 Å². The van der Waals surface area contributed by atoms with Crippen molar-refractivity contribution < 1.29 is 9.53 Å². The molecule has 3 saturated heterocycles. The van der Waals surface area contributed by atoms with E-state index in [0.717, 1.165) is 51.9 Å². The van der Waals surface area contributed by atoms with Crippen LogP contribution in [0.4, 0.5) is 0 Å². The topological polar surface area (TPSA) is 44.8 Å². The Morgan fingerprint density at radius 3 is 2.35 bits per heavy atom. The van der Waals surface area contributed by atoms with Crippen LogP contribution in [0.2, 0.25) is 0 Å². The molecular formula is C16H31Cl2N3O2. The van der Waals surface area contributed by atoms with Crippen LogP contribution in [0.1, 0.15) is 32.1 Å². The van der Waals surface area contributed by atoms with Crippen molar-refractivity contribution in [1.29, 1.82) is 0 Å². The van der Waals surface area contributed by atoms with E-state index in [0.29, 0.717) is 18.4 Å². The molecule has 3 aliphatic rings. The van der Waals surface area contributed by atoms with Crippen LogP contribution in [-0.2, 0) is 9.53 Å². The molecule has 0 aromatic carbocycles. The highest BCUT2D eigenvalue weighted by atomic mass is 35.5. The van der Waals surface area contributed by atoms with Gasteiger partial charge in [-0.15, -0.1) is 24.8 Å². The Balaban J connectivity index is 0.00000132. The summed E-state index contributed by atoms with van der Waals surface area (Å²) in [4.78, 5) is 16.9. The summed E-state index contributed by atoms with van der Waals surface area (Å²) in [6, 6.07) is 0.434. The highest BCUT2D eigenvalue weighted by Crippen LogP contribution is 2.20. The van der Waals surface area contributed by atoms with Gasteiger partial charge >= 0.3 is 0 Å². The molecule has 0 spiro atoms. The molecule has 0 saturated carbocycles. The summed E-state index contributed by atoms with van der Waals surface area (Å²) in [6.07, 6.45) is 5.43. The van der Waals surface area contributed by atoms with Crippen LogP contribution in [0.5, 0.6) is 0 Å². The minimum Gasteiger partial charge on any atom is -0.379 e. The Kier molecular flexibility index (Phi) is 9.78. The number of amides is 1. The molecule has 136 valence electrons. The molecule has 1 N–H and O–H groups in total. The molecule has 3 fully saturated rings. The van der Waals surface area contributed by atoms with Crippen LogP contribution < -0.4 is 5.32 Å². The van der Waals surface area contributed by atoms with Gasteiger partial charge in [0.25, 0.3) is 0 Å². The zero-order chi connectivity index (χ0) is 14.5. The Hall–Kier alpha value is -0.0700. The lowest BCUT2D eigenvalue weighted by molar-refractivity contribution is -0.133. The fourth-order valence-electron chi connectivity index (χ4n) is 3.78. The SMILES string of the molecule is Cl.Cl.O=C(CC1CCCN1)N1CCC(CN2CCOCC2)CC1. The summed E-state index contributed by atoms with van der Waals surface area (Å²) in [6.45, 7) is 8.10. The van der Waals surface area contributed by atoms with E-state index in [2.05, 4.69) is 15.1 Å². The molecule has 0 radical (unpaired) electrons. The normalized spacial score (nSPS) is 26.4. The summed E-state index contributed by atoms with van der Waals surface area (Å²) in [7, 11) is 0. The zero-order valence-corrected chi connectivity index (χ0v) is 15.5. The highest BCUT2D eigenvalue weighted by Gasteiger charge is 2.27. The molecule has 0 aliphatic carbocycles. The first-order valence-corrected chi connectivity index (χ1v) is 8.62. The molecule has 1 amide bonds. The Bertz CT molecular complexity index is 340. The average molecular weight is 368 g/mol. The third kappa shape index (κ3) is 6.39. The van der Waals surface area contributed by atoms with Gasteiger partial charge in [-0.05, 0) is 38.1 Å². The number of rotatable bonds is 4. The number of carbonyl (C=O) groups excluding carboxylic acids is 1. The van der Waals surface area contributed by atoms with E-state index in [4.69, 9.17) is 4.74 Å². The van der Waals surface area contributed by atoms with Crippen LogP contribution in [-0.4, -0.2) is 74.2 Å². The van der Waals surface area contributed by atoms with Crippen molar-refractivity contribution in [3.8, 4) is 0 Å². The van der Waals surface area contributed by atoms with Crippen molar-refractivity contribution in [3.05, 3.63) is 0 Å². The maximum absolute atomic E-state index is 12.3. The largest absolute Gasteiger partial charge is 0.379 e. The molecule has 23 heavy (non-hydrogen) atoms. The van der Waals surface area contributed by atoms with Gasteiger partial charge in [0.2, 0.25) is 5.91 Å². The van der Waals surface area contributed by atoms with Crippen molar-refractivity contribution in [2.75, 3.05) is 52.5 Å². The molecule has 0 aromatic rings. The first-order valence-electron chi connectivity index (χ1n) is 8.62. The Morgan fingerprint density at radius 2 is 1.74 bits per heavy atom. The predicted octanol–water partition coefficient (Wildman–Crippen LogP) is 1.54. The zero-order valence-electron chi connectivity index (χ0n) is 13.9. The summed E-state index contributed by atoms with van der Waals surface area (Å²) in [5, 5.41) is 3.42. The summed E-state index contributed by atoms with van der Waals surface area (Å²) in [5.74, 6) is 1.12. The van der Waals surface area contributed by atoms with Crippen LogP contribution in [0.3, 0.4) is 0 Å². The van der Waals surface area contributed by atoms with Crippen molar-refractivity contribution in [2.45, 2.75) is 38.1 Å². The number of likely N-dealkylation sites (tertiary alicyclic amines) is 1.